The van der Waals surface area contributed by atoms with Crippen LogP contribution in [0.5, 0.6) is 5.75 Å². The van der Waals surface area contributed by atoms with Gasteiger partial charge in [0.05, 0.1) is 12.8 Å². The Morgan fingerprint density at radius 2 is 1.97 bits per heavy atom. The highest BCUT2D eigenvalue weighted by Crippen LogP contribution is 2.44. The molecule has 2 aliphatic rings. The van der Waals surface area contributed by atoms with E-state index in [2.05, 4.69) is 15.0 Å². The Morgan fingerprint density at radius 3 is 2.73 bits per heavy atom. The number of rotatable bonds is 3. The number of fused-ring (bicyclic) bond motifs is 1. The van der Waals surface area contributed by atoms with E-state index in [1.165, 1.54) is 0 Å². The monoisotopic (exact) mass is 405 g/mol. The Labute approximate surface area is 173 Å². The quantitative estimate of drug-likeness (QED) is 0.685. The van der Waals surface area contributed by atoms with Crippen LogP contribution in [0.2, 0.25) is 0 Å². The zero-order valence-corrected chi connectivity index (χ0v) is 16.7. The molecule has 1 saturated carbocycles. The number of nitrogens with two attached hydrogens (primary N) is 2. The van der Waals surface area contributed by atoms with Gasteiger partial charge in [0.25, 0.3) is 0 Å². The second-order valence-corrected chi connectivity index (χ2v) is 7.55. The molecule has 0 amide bonds. The van der Waals surface area contributed by atoms with Crippen LogP contribution in [0.3, 0.4) is 0 Å². The van der Waals surface area contributed by atoms with Crippen molar-refractivity contribution in [1.29, 1.82) is 0 Å². The van der Waals surface area contributed by atoms with Crippen LogP contribution in [-0.2, 0) is 0 Å². The number of aliphatic imine (C=N–C) groups is 2. The number of hydrogen-bond donors (Lipinski definition) is 2. The van der Waals surface area contributed by atoms with E-state index in [0.717, 1.165) is 43.4 Å². The summed E-state index contributed by atoms with van der Waals surface area (Å²) in [5.74, 6) is 1.65. The molecule has 4 N–H and O–H groups in total. The number of aromatic nitrogens is 2. The highest BCUT2D eigenvalue weighted by atomic mass is 16.5. The zero-order valence-electron chi connectivity index (χ0n) is 16.7. The van der Waals surface area contributed by atoms with Crippen LogP contribution in [0.25, 0.3) is 22.7 Å². The van der Waals surface area contributed by atoms with Gasteiger partial charge < -0.3 is 20.6 Å². The number of benzene rings is 1. The summed E-state index contributed by atoms with van der Waals surface area (Å²) in [5.41, 5.74) is 14.5. The predicted octanol–water partition coefficient (Wildman–Crippen LogP) is 3.01. The van der Waals surface area contributed by atoms with Crippen LogP contribution in [0.15, 0.2) is 50.9 Å². The van der Waals surface area contributed by atoms with Crippen molar-refractivity contribution in [2.45, 2.75) is 37.8 Å². The molecule has 1 aromatic carbocycles. The summed E-state index contributed by atoms with van der Waals surface area (Å²) >= 11 is 0. The molecule has 0 radical (unpaired) electrons. The SMILES string of the molecule is COc1ccc(-c2nc3ncccc3o2)cc1N1C(N)=NC(N)=NC12CCCCC2. The number of anilines is 1. The topological polar surface area (TPSA) is 128 Å². The molecular weight excluding hydrogens is 382 g/mol. The number of guanidine groups is 2. The van der Waals surface area contributed by atoms with E-state index in [1.807, 2.05) is 35.2 Å². The Kier molecular flexibility index (Phi) is 4.30. The van der Waals surface area contributed by atoms with Gasteiger partial charge >= 0.3 is 0 Å². The molecule has 9 heteroatoms. The Balaban J connectivity index is 1.65. The normalized spacial score (nSPS) is 18.4. The lowest BCUT2D eigenvalue weighted by Crippen LogP contribution is -2.58. The van der Waals surface area contributed by atoms with Crippen molar-refractivity contribution in [3.05, 3.63) is 36.5 Å². The van der Waals surface area contributed by atoms with Crippen LogP contribution >= 0.6 is 0 Å². The maximum Gasteiger partial charge on any atom is 0.228 e. The highest BCUT2D eigenvalue weighted by Gasteiger charge is 2.43. The minimum Gasteiger partial charge on any atom is -0.495 e. The molecule has 1 spiro atoms. The molecule has 0 saturated heterocycles. The largest absolute Gasteiger partial charge is 0.495 e. The van der Waals surface area contributed by atoms with Crippen LogP contribution in [0, 0.1) is 0 Å². The lowest BCUT2D eigenvalue weighted by atomic mass is 9.87. The third-order valence-electron chi connectivity index (χ3n) is 5.68. The van der Waals surface area contributed by atoms with Gasteiger partial charge in [0.1, 0.15) is 11.4 Å². The van der Waals surface area contributed by atoms with Crippen molar-refractivity contribution in [2.24, 2.45) is 21.5 Å². The maximum absolute atomic E-state index is 6.39. The van der Waals surface area contributed by atoms with E-state index in [0.29, 0.717) is 28.8 Å². The molecule has 1 fully saturated rings. The average Bonchev–Trinajstić information content (AvgIpc) is 3.18. The molecule has 30 heavy (non-hydrogen) atoms. The Morgan fingerprint density at radius 1 is 1.13 bits per heavy atom. The summed E-state index contributed by atoms with van der Waals surface area (Å²) in [6, 6.07) is 9.37. The van der Waals surface area contributed by atoms with Crippen LogP contribution < -0.4 is 21.1 Å². The van der Waals surface area contributed by atoms with Crippen molar-refractivity contribution in [2.75, 3.05) is 12.0 Å². The van der Waals surface area contributed by atoms with Gasteiger partial charge in [-0.2, -0.15) is 9.98 Å². The molecule has 2 aromatic heterocycles. The van der Waals surface area contributed by atoms with E-state index in [9.17, 15) is 0 Å². The maximum atomic E-state index is 6.39. The first kappa shape index (κ1) is 18.4. The van der Waals surface area contributed by atoms with Crippen LogP contribution in [-0.4, -0.2) is 34.7 Å². The van der Waals surface area contributed by atoms with Gasteiger partial charge in [0.2, 0.25) is 17.8 Å². The first-order chi connectivity index (χ1) is 14.6. The first-order valence-electron chi connectivity index (χ1n) is 9.99. The second kappa shape index (κ2) is 7.01. The van der Waals surface area contributed by atoms with Crippen molar-refractivity contribution in [3.63, 3.8) is 0 Å². The van der Waals surface area contributed by atoms with Gasteiger partial charge in [-0.1, -0.05) is 6.42 Å². The minimum absolute atomic E-state index is 0.214. The number of hydrogen-bond acceptors (Lipinski definition) is 9. The summed E-state index contributed by atoms with van der Waals surface area (Å²) in [6.07, 6.45) is 6.61. The summed E-state index contributed by atoms with van der Waals surface area (Å²) < 4.78 is 11.6. The average molecular weight is 405 g/mol. The van der Waals surface area contributed by atoms with E-state index >= 15 is 0 Å². The molecule has 0 unspecified atom stereocenters. The van der Waals surface area contributed by atoms with Gasteiger partial charge in [-0.25, -0.2) is 9.98 Å². The number of pyridine rings is 1. The van der Waals surface area contributed by atoms with E-state index in [4.69, 9.17) is 25.6 Å². The lowest BCUT2D eigenvalue weighted by Gasteiger charge is -2.45. The fourth-order valence-corrected chi connectivity index (χ4v) is 4.36. The van der Waals surface area contributed by atoms with Crippen LogP contribution in [0.1, 0.15) is 32.1 Å². The fraction of sp³-hybridized carbons (Fsp3) is 0.333. The van der Waals surface area contributed by atoms with E-state index in [-0.39, 0.29) is 5.96 Å². The molecule has 9 nitrogen and oxygen atoms in total. The van der Waals surface area contributed by atoms with E-state index in [1.54, 1.807) is 13.3 Å². The Bertz CT molecular complexity index is 1130. The highest BCUT2D eigenvalue weighted by molar-refractivity contribution is 6.06. The third-order valence-corrected chi connectivity index (χ3v) is 5.68. The molecule has 3 heterocycles. The van der Waals surface area contributed by atoms with Gasteiger partial charge in [0.15, 0.2) is 11.2 Å². The zero-order chi connectivity index (χ0) is 20.7. The summed E-state index contributed by atoms with van der Waals surface area (Å²) in [5, 5.41) is 0. The first-order valence-corrected chi connectivity index (χ1v) is 9.99. The second-order valence-electron chi connectivity index (χ2n) is 7.55. The number of methoxy groups -OCH3 is 1. The predicted molar refractivity (Wildman–Crippen MR) is 115 cm³/mol. The summed E-state index contributed by atoms with van der Waals surface area (Å²) in [6.45, 7) is 0. The van der Waals surface area contributed by atoms with Crippen molar-refractivity contribution in [3.8, 4) is 17.2 Å². The fourth-order valence-electron chi connectivity index (χ4n) is 4.36. The molecule has 5 rings (SSSR count). The van der Waals surface area contributed by atoms with Gasteiger partial charge in [-0.3, -0.25) is 4.90 Å². The Hall–Kier alpha value is -3.62. The molecule has 3 aromatic rings. The van der Waals surface area contributed by atoms with Gasteiger partial charge in [-0.15, -0.1) is 0 Å². The van der Waals surface area contributed by atoms with Crippen LogP contribution in [0.4, 0.5) is 5.69 Å². The molecule has 0 bridgehead atoms. The minimum atomic E-state index is -0.567. The number of nitrogens with zero attached hydrogens (tertiary/aromatic N) is 5. The lowest BCUT2D eigenvalue weighted by molar-refractivity contribution is 0.303. The van der Waals surface area contributed by atoms with E-state index < -0.39 is 5.66 Å². The molecule has 0 atom stereocenters. The smallest absolute Gasteiger partial charge is 0.228 e. The summed E-state index contributed by atoms with van der Waals surface area (Å²) in [7, 11) is 1.63. The standard InChI is InChI=1S/C21H23N7O2/c1-29-15-8-7-13(18-25-17-16(30-18)6-5-11-24-17)12-14(15)28-20(23)26-19(22)27-21(28)9-3-2-4-10-21/h5-8,11-12H,2-4,9-10H2,1H3,(H4,22,23,26,27). The van der Waals surface area contributed by atoms with Crippen molar-refractivity contribution < 1.29 is 9.15 Å². The molecule has 1 aliphatic heterocycles. The number of oxazole rings is 1. The van der Waals surface area contributed by atoms with Crippen molar-refractivity contribution >= 4 is 28.8 Å². The molecule has 154 valence electrons. The third kappa shape index (κ3) is 2.94. The van der Waals surface area contributed by atoms with Gasteiger partial charge in [-0.05, 0) is 56.0 Å². The summed E-state index contributed by atoms with van der Waals surface area (Å²) in [4.78, 5) is 19.7. The van der Waals surface area contributed by atoms with Crippen molar-refractivity contribution in [1.82, 2.24) is 9.97 Å². The van der Waals surface area contributed by atoms with Gasteiger partial charge in [0, 0.05) is 11.8 Å². The molecule has 1 aliphatic carbocycles. The number of ether oxygens (including phenoxy) is 1. The molecular formula is C21H23N7O2.